The summed E-state index contributed by atoms with van der Waals surface area (Å²) in [6.07, 6.45) is 7.94. The van der Waals surface area contributed by atoms with Crippen molar-refractivity contribution in [2.45, 2.75) is 25.3 Å². The maximum atomic E-state index is 14.6. The lowest BCUT2D eigenvalue weighted by Gasteiger charge is -2.50. The van der Waals surface area contributed by atoms with Crippen LogP contribution in [-0.4, -0.2) is 83.2 Å². The number of para-hydroxylation sites is 1. The molecule has 0 amide bonds. The Morgan fingerprint density at radius 1 is 1.06 bits per heavy atom. The minimum atomic E-state index is -1.09. The summed E-state index contributed by atoms with van der Waals surface area (Å²) in [6, 6.07) is 13.6. The molecule has 0 bridgehead atoms. The Morgan fingerprint density at radius 2 is 1.90 bits per heavy atom. The summed E-state index contributed by atoms with van der Waals surface area (Å²) in [6.45, 7) is 4.64. The number of β-amino-alcohol motifs (C(OH)–C–C–N with tert-alkyl or cyclic N) is 1. The number of rotatable bonds is 7. The van der Waals surface area contributed by atoms with Gasteiger partial charge in [-0.05, 0) is 48.9 Å². The number of aliphatic hydroxyl groups excluding tert-OH is 1. The highest BCUT2D eigenvalue weighted by Crippen LogP contribution is 2.31. The monoisotopic (exact) mass is 678 g/mol. The first-order valence-electron chi connectivity index (χ1n) is 16.3. The molecule has 0 unspecified atom stereocenters. The number of anilines is 3. The van der Waals surface area contributed by atoms with Crippen molar-refractivity contribution >= 4 is 33.6 Å². The van der Waals surface area contributed by atoms with Gasteiger partial charge in [0.1, 0.15) is 34.4 Å². The summed E-state index contributed by atoms with van der Waals surface area (Å²) >= 11 is 0. The summed E-state index contributed by atoms with van der Waals surface area (Å²) in [5.74, 6) is 0.200. The zero-order valence-corrected chi connectivity index (χ0v) is 27.5. The maximum absolute atomic E-state index is 14.6. The highest BCUT2D eigenvalue weighted by atomic mass is 19.1. The van der Waals surface area contributed by atoms with Gasteiger partial charge < -0.3 is 34.1 Å². The van der Waals surface area contributed by atoms with Crippen molar-refractivity contribution < 1.29 is 19.3 Å². The average Bonchev–Trinajstić information content (AvgIpc) is 3.47. The highest BCUT2D eigenvalue weighted by Gasteiger charge is 2.40. The zero-order valence-electron chi connectivity index (χ0n) is 27.5. The molecule has 50 heavy (non-hydrogen) atoms. The molecule has 1 aromatic carbocycles. The average molecular weight is 679 g/mol. The minimum absolute atomic E-state index is 0.210. The molecular weight excluding hydrogens is 643 g/mol. The molecule has 2 aliphatic rings. The molecule has 2 aliphatic heterocycles. The number of aryl methyl sites for hydroxylation is 1. The van der Waals surface area contributed by atoms with Gasteiger partial charge in [-0.1, -0.05) is 12.1 Å². The Balaban J connectivity index is 1.10. The number of hydrogen-bond donors (Lipinski definition) is 3. The van der Waals surface area contributed by atoms with Crippen molar-refractivity contribution in [1.82, 2.24) is 28.4 Å². The summed E-state index contributed by atoms with van der Waals surface area (Å²) in [5, 5.41) is 25.6. The second-order valence-electron chi connectivity index (χ2n) is 13.0. The first-order chi connectivity index (χ1) is 24.1. The van der Waals surface area contributed by atoms with Gasteiger partial charge in [0.05, 0.1) is 43.3 Å². The number of aliphatic hydroxyl groups is 2. The van der Waals surface area contributed by atoms with Crippen LogP contribution in [-0.2, 0) is 18.4 Å². The van der Waals surface area contributed by atoms with Crippen molar-refractivity contribution in [2.75, 3.05) is 43.1 Å². The number of pyridine rings is 3. The van der Waals surface area contributed by atoms with Gasteiger partial charge in [0.2, 0.25) is 0 Å². The van der Waals surface area contributed by atoms with Crippen molar-refractivity contribution in [3.8, 4) is 16.9 Å². The molecule has 6 aromatic rings. The lowest BCUT2D eigenvalue weighted by molar-refractivity contribution is -0.101. The van der Waals surface area contributed by atoms with E-state index in [1.807, 2.05) is 11.0 Å². The van der Waals surface area contributed by atoms with E-state index in [9.17, 15) is 24.2 Å². The van der Waals surface area contributed by atoms with Gasteiger partial charge in [0, 0.05) is 68.0 Å². The van der Waals surface area contributed by atoms with Gasteiger partial charge in [-0.3, -0.25) is 19.1 Å². The molecule has 0 radical (unpaired) electrons. The molecule has 0 aliphatic carbocycles. The molecule has 13 nitrogen and oxygen atoms in total. The second kappa shape index (κ2) is 12.2. The number of ether oxygens (including phenoxy) is 1. The number of fused-ring (bicyclic) bond motifs is 3. The van der Waals surface area contributed by atoms with Gasteiger partial charge in [-0.25, -0.2) is 14.4 Å². The summed E-state index contributed by atoms with van der Waals surface area (Å²) < 4.78 is 24.2. The number of halogens is 1. The highest BCUT2D eigenvalue weighted by molar-refractivity contribution is 5.87. The molecule has 1 atom stereocenters. The summed E-state index contributed by atoms with van der Waals surface area (Å²) in [7, 11) is 1.63. The third-order valence-electron chi connectivity index (χ3n) is 9.68. The lowest BCUT2D eigenvalue weighted by atomic mass is 10.0. The SMILES string of the molecule is Cn1cc(-c2ccnc(-n3ccn4c(cc5cccc(F)c54)c3=O)c2CO)cc(Nc2ccc(N3CCN(C4COC4)C[C@]3(C)O)cn2)c1=O. The van der Waals surface area contributed by atoms with Crippen LogP contribution in [0.2, 0.25) is 0 Å². The summed E-state index contributed by atoms with van der Waals surface area (Å²) in [4.78, 5) is 40.2. The fraction of sp³-hybridized carbons (Fsp3) is 0.278. The lowest BCUT2D eigenvalue weighted by Crippen LogP contribution is -2.65. The Labute approximate surface area is 285 Å². The van der Waals surface area contributed by atoms with Crippen LogP contribution in [0.5, 0.6) is 0 Å². The fourth-order valence-corrected chi connectivity index (χ4v) is 7.04. The van der Waals surface area contributed by atoms with E-state index in [0.29, 0.717) is 65.8 Å². The Bertz CT molecular complexity index is 2380. The molecule has 7 heterocycles. The molecule has 0 saturated carbocycles. The Kier molecular flexibility index (Phi) is 7.75. The third kappa shape index (κ3) is 5.33. The molecule has 2 fully saturated rings. The van der Waals surface area contributed by atoms with Gasteiger partial charge in [-0.2, -0.15) is 0 Å². The van der Waals surface area contributed by atoms with Crippen LogP contribution in [0.3, 0.4) is 0 Å². The van der Waals surface area contributed by atoms with Crippen LogP contribution in [0.1, 0.15) is 12.5 Å². The Hall–Kier alpha value is -5.41. The van der Waals surface area contributed by atoms with Crippen LogP contribution >= 0.6 is 0 Å². The van der Waals surface area contributed by atoms with Gasteiger partial charge in [0.15, 0.2) is 0 Å². The molecule has 14 heteroatoms. The topological polar surface area (TPSA) is 142 Å². The van der Waals surface area contributed by atoms with E-state index in [1.54, 1.807) is 69.0 Å². The number of aromatic nitrogens is 5. The largest absolute Gasteiger partial charge is 0.392 e. The summed E-state index contributed by atoms with van der Waals surface area (Å²) in [5.41, 5.74) is 1.26. The van der Waals surface area contributed by atoms with Crippen LogP contribution in [0.25, 0.3) is 33.4 Å². The number of piperazine rings is 1. The predicted molar refractivity (Wildman–Crippen MR) is 187 cm³/mol. The van der Waals surface area contributed by atoms with Crippen molar-refractivity contribution in [3.63, 3.8) is 0 Å². The Morgan fingerprint density at radius 3 is 2.62 bits per heavy atom. The molecule has 8 rings (SSSR count). The molecular formula is C36H35FN8O5. The van der Waals surface area contributed by atoms with E-state index in [2.05, 4.69) is 20.2 Å². The zero-order chi connectivity index (χ0) is 34.7. The molecule has 256 valence electrons. The molecule has 0 spiro atoms. The van der Waals surface area contributed by atoms with E-state index in [1.165, 1.54) is 32.0 Å². The molecule has 2 saturated heterocycles. The van der Waals surface area contributed by atoms with E-state index in [0.717, 1.165) is 12.2 Å². The normalized spacial score (nSPS) is 18.5. The number of benzene rings is 1. The standard InChI is InChI=1S/C36H35FN8O5/c1-36(49)21-42(25-19-50-20-25)10-13-45(36)24-6-7-31(39-16-24)40-29-14-23(17-41(2)34(29)47)26-8-9-38-33(27(26)18-46)44-12-11-43-30(35(44)48)15-22-4-3-5-28(37)32(22)43/h3-9,11-12,14-17,25,46,49H,10,13,18-21H2,1-2H3,(H,39,40)/t36-/m0/s1. The van der Waals surface area contributed by atoms with Crippen LogP contribution in [0, 0.1) is 5.82 Å². The van der Waals surface area contributed by atoms with Crippen molar-refractivity contribution in [2.24, 2.45) is 7.05 Å². The van der Waals surface area contributed by atoms with E-state index >= 15 is 0 Å². The van der Waals surface area contributed by atoms with E-state index in [-0.39, 0.29) is 22.6 Å². The first-order valence-corrected chi connectivity index (χ1v) is 16.3. The quantitative estimate of drug-likeness (QED) is 0.231. The van der Waals surface area contributed by atoms with Gasteiger partial charge >= 0.3 is 0 Å². The number of nitrogens with zero attached hydrogens (tertiary/aromatic N) is 7. The molecule has 3 N–H and O–H groups in total. The predicted octanol–water partition coefficient (Wildman–Crippen LogP) is 3.00. The second-order valence-corrected chi connectivity index (χ2v) is 13.0. The van der Waals surface area contributed by atoms with E-state index in [4.69, 9.17) is 4.74 Å². The molecule has 5 aromatic heterocycles. The fourth-order valence-electron chi connectivity index (χ4n) is 7.04. The number of hydrogen-bond acceptors (Lipinski definition) is 10. The van der Waals surface area contributed by atoms with Crippen LogP contribution in [0.4, 0.5) is 21.6 Å². The van der Waals surface area contributed by atoms with Gasteiger partial charge in [-0.15, -0.1) is 0 Å². The minimum Gasteiger partial charge on any atom is -0.392 e. The van der Waals surface area contributed by atoms with Crippen LogP contribution in [0.15, 0.2) is 89.1 Å². The number of nitrogens with one attached hydrogen (secondary N) is 1. The maximum Gasteiger partial charge on any atom is 0.280 e. The van der Waals surface area contributed by atoms with Gasteiger partial charge in [0.25, 0.3) is 11.1 Å². The van der Waals surface area contributed by atoms with Crippen molar-refractivity contribution in [3.05, 3.63) is 112 Å². The van der Waals surface area contributed by atoms with Crippen LogP contribution < -0.4 is 21.3 Å². The third-order valence-corrected chi connectivity index (χ3v) is 9.68. The van der Waals surface area contributed by atoms with E-state index < -0.39 is 23.7 Å². The van der Waals surface area contributed by atoms with Crippen molar-refractivity contribution in [1.29, 1.82) is 0 Å². The first kappa shape index (κ1) is 31.8. The smallest absolute Gasteiger partial charge is 0.280 e.